The van der Waals surface area contributed by atoms with Crippen molar-refractivity contribution in [3.63, 3.8) is 0 Å². The maximum atomic E-state index is 13.2. The molecule has 1 heterocycles. The van der Waals surface area contributed by atoms with Gasteiger partial charge in [0, 0.05) is 16.0 Å². The van der Waals surface area contributed by atoms with E-state index >= 15 is 0 Å². The average Bonchev–Trinajstić information content (AvgIpc) is 2.97. The van der Waals surface area contributed by atoms with Crippen LogP contribution in [0.25, 0.3) is 22.2 Å². The van der Waals surface area contributed by atoms with Crippen molar-refractivity contribution >= 4 is 50.6 Å². The fraction of sp³-hybridized carbons (Fsp3) is 0.0645. The predicted octanol–water partition coefficient (Wildman–Crippen LogP) is 7.67. The fourth-order valence-corrected chi connectivity index (χ4v) is 4.74. The maximum absolute atomic E-state index is 13.2. The number of rotatable bonds is 8. The predicted molar refractivity (Wildman–Crippen MR) is 159 cm³/mol. The number of carbonyl (C=O) groups is 1. The lowest BCUT2D eigenvalue weighted by atomic mass is 10.0. The first-order valence-electron chi connectivity index (χ1n) is 12.0. The van der Waals surface area contributed by atoms with Gasteiger partial charge in [0.25, 0.3) is 5.91 Å². The van der Waals surface area contributed by atoms with Crippen molar-refractivity contribution in [2.45, 2.75) is 6.61 Å². The van der Waals surface area contributed by atoms with Gasteiger partial charge in [0.05, 0.1) is 34.6 Å². The van der Waals surface area contributed by atoms with E-state index in [1.54, 1.807) is 25.5 Å². The molecule has 0 spiro atoms. The van der Waals surface area contributed by atoms with Crippen LogP contribution in [-0.2, 0) is 6.61 Å². The van der Waals surface area contributed by atoms with Gasteiger partial charge in [-0.05, 0) is 63.5 Å². The van der Waals surface area contributed by atoms with Gasteiger partial charge in [-0.1, -0.05) is 72.3 Å². The standard InChI is InChI=1S/C31H23BrClN3O3/c1-38-29-16-21(15-26(32)30(29)39-19-20-11-13-23(33)14-12-20)18-34-36-31(37)25-17-28(22-7-3-2-4-8-22)35-27-10-6-5-9-24(25)27/h2-18H,19H2,1H3,(H,36,37)/b34-18+. The Balaban J connectivity index is 1.34. The van der Waals surface area contributed by atoms with E-state index in [-0.39, 0.29) is 5.91 Å². The number of amides is 1. The Bertz CT molecular complexity index is 1660. The van der Waals surface area contributed by atoms with Gasteiger partial charge in [-0.3, -0.25) is 4.79 Å². The van der Waals surface area contributed by atoms with Crippen molar-refractivity contribution in [3.05, 3.63) is 123 Å². The molecule has 194 valence electrons. The second kappa shape index (κ2) is 12.1. The highest BCUT2D eigenvalue weighted by Crippen LogP contribution is 2.37. The number of methoxy groups -OCH3 is 1. The van der Waals surface area contributed by atoms with Crippen molar-refractivity contribution in [3.8, 4) is 22.8 Å². The second-order valence-corrected chi connectivity index (χ2v) is 9.88. The van der Waals surface area contributed by atoms with Gasteiger partial charge in [0.2, 0.25) is 0 Å². The first-order chi connectivity index (χ1) is 19.0. The summed E-state index contributed by atoms with van der Waals surface area (Å²) in [6.07, 6.45) is 1.55. The van der Waals surface area contributed by atoms with Crippen LogP contribution in [0, 0.1) is 0 Å². The van der Waals surface area contributed by atoms with Gasteiger partial charge in [0.1, 0.15) is 6.61 Å². The molecule has 0 aliphatic rings. The Kier molecular flexibility index (Phi) is 8.20. The number of halogens is 2. The SMILES string of the molecule is COc1cc(/C=N/NC(=O)c2cc(-c3ccccc3)nc3ccccc23)cc(Br)c1OCc1ccc(Cl)cc1. The minimum atomic E-state index is -0.337. The van der Waals surface area contributed by atoms with Crippen LogP contribution in [0.5, 0.6) is 11.5 Å². The molecule has 1 amide bonds. The zero-order valence-corrected chi connectivity index (χ0v) is 23.2. The molecule has 0 atom stereocenters. The van der Waals surface area contributed by atoms with Crippen molar-refractivity contribution in [2.75, 3.05) is 7.11 Å². The number of hydrogen-bond acceptors (Lipinski definition) is 5. The van der Waals surface area contributed by atoms with Gasteiger partial charge < -0.3 is 9.47 Å². The molecule has 5 aromatic rings. The third kappa shape index (κ3) is 6.28. The summed E-state index contributed by atoms with van der Waals surface area (Å²) < 4.78 is 12.2. The quantitative estimate of drug-likeness (QED) is 0.147. The molecule has 6 nitrogen and oxygen atoms in total. The lowest BCUT2D eigenvalue weighted by molar-refractivity contribution is 0.0956. The number of fused-ring (bicyclic) bond motifs is 1. The van der Waals surface area contributed by atoms with Crippen LogP contribution in [0.2, 0.25) is 5.02 Å². The van der Waals surface area contributed by atoms with Gasteiger partial charge in [-0.25, -0.2) is 10.4 Å². The molecule has 0 bridgehead atoms. The monoisotopic (exact) mass is 599 g/mol. The number of nitrogens with one attached hydrogen (secondary N) is 1. The summed E-state index contributed by atoms with van der Waals surface area (Å²) >= 11 is 9.52. The van der Waals surface area contributed by atoms with Crippen molar-refractivity contribution in [1.29, 1.82) is 0 Å². The number of pyridine rings is 1. The van der Waals surface area contributed by atoms with Crippen molar-refractivity contribution in [1.82, 2.24) is 10.4 Å². The largest absolute Gasteiger partial charge is 0.493 e. The number of aromatic nitrogens is 1. The third-order valence-electron chi connectivity index (χ3n) is 5.96. The number of hydrogen-bond donors (Lipinski definition) is 1. The molecule has 0 aliphatic carbocycles. The van der Waals surface area contributed by atoms with E-state index in [0.717, 1.165) is 22.0 Å². The number of ether oxygens (including phenoxy) is 2. The third-order valence-corrected chi connectivity index (χ3v) is 6.80. The van der Waals surface area contributed by atoms with E-state index in [2.05, 4.69) is 26.5 Å². The second-order valence-electron chi connectivity index (χ2n) is 8.59. The summed E-state index contributed by atoms with van der Waals surface area (Å²) in [5, 5.41) is 5.62. The molecular formula is C31H23BrClN3O3. The highest BCUT2D eigenvalue weighted by atomic mass is 79.9. The van der Waals surface area contributed by atoms with Gasteiger partial charge >= 0.3 is 0 Å². The molecule has 0 saturated heterocycles. The van der Waals surface area contributed by atoms with E-state index in [1.807, 2.05) is 84.9 Å². The number of para-hydroxylation sites is 1. The molecular weight excluding hydrogens is 578 g/mol. The molecule has 1 N–H and O–H groups in total. The molecule has 0 radical (unpaired) electrons. The molecule has 1 aromatic heterocycles. The summed E-state index contributed by atoms with van der Waals surface area (Å²) in [5.74, 6) is 0.750. The van der Waals surface area contributed by atoms with Crippen molar-refractivity contribution < 1.29 is 14.3 Å². The summed E-state index contributed by atoms with van der Waals surface area (Å²) in [7, 11) is 1.57. The molecule has 4 aromatic carbocycles. The molecule has 8 heteroatoms. The minimum Gasteiger partial charge on any atom is -0.493 e. The van der Waals surface area contributed by atoms with E-state index in [9.17, 15) is 4.79 Å². The Morgan fingerprint density at radius 3 is 2.51 bits per heavy atom. The smallest absolute Gasteiger partial charge is 0.272 e. The lowest BCUT2D eigenvalue weighted by Crippen LogP contribution is -2.18. The first-order valence-corrected chi connectivity index (χ1v) is 13.2. The molecule has 0 aliphatic heterocycles. The van der Waals surface area contributed by atoms with Gasteiger partial charge in [0.15, 0.2) is 11.5 Å². The van der Waals surface area contributed by atoms with Crippen LogP contribution in [-0.4, -0.2) is 24.2 Å². The van der Waals surface area contributed by atoms with Crippen LogP contribution in [0.1, 0.15) is 21.5 Å². The topological polar surface area (TPSA) is 72.8 Å². The van der Waals surface area contributed by atoms with Crippen LogP contribution in [0.3, 0.4) is 0 Å². The number of hydrazone groups is 1. The highest BCUT2D eigenvalue weighted by molar-refractivity contribution is 9.10. The maximum Gasteiger partial charge on any atom is 0.272 e. The zero-order valence-electron chi connectivity index (χ0n) is 20.9. The first kappa shape index (κ1) is 26.4. The molecule has 0 saturated carbocycles. The Morgan fingerprint density at radius 1 is 1.00 bits per heavy atom. The zero-order chi connectivity index (χ0) is 27.2. The normalized spacial score (nSPS) is 11.1. The van der Waals surface area contributed by atoms with Crippen molar-refractivity contribution in [2.24, 2.45) is 5.10 Å². The fourth-order valence-electron chi connectivity index (χ4n) is 4.04. The minimum absolute atomic E-state index is 0.337. The van der Waals surface area contributed by atoms with E-state index in [1.165, 1.54) is 0 Å². The van der Waals surface area contributed by atoms with Crippen LogP contribution >= 0.6 is 27.5 Å². The van der Waals surface area contributed by atoms with E-state index in [4.69, 9.17) is 26.1 Å². The molecule has 0 fully saturated rings. The summed E-state index contributed by atoms with van der Waals surface area (Å²) in [6, 6.07) is 30.2. The Morgan fingerprint density at radius 2 is 1.74 bits per heavy atom. The van der Waals surface area contributed by atoms with Crippen LogP contribution in [0.15, 0.2) is 107 Å². The summed E-state index contributed by atoms with van der Waals surface area (Å²) in [6.45, 7) is 0.348. The van der Waals surface area contributed by atoms with Crippen LogP contribution in [0.4, 0.5) is 0 Å². The average molecular weight is 601 g/mol. The van der Waals surface area contributed by atoms with Gasteiger partial charge in [-0.2, -0.15) is 5.10 Å². The van der Waals surface area contributed by atoms with Gasteiger partial charge in [-0.15, -0.1) is 0 Å². The Hall–Kier alpha value is -4.20. The summed E-state index contributed by atoms with van der Waals surface area (Å²) in [5.41, 5.74) is 7.19. The highest BCUT2D eigenvalue weighted by Gasteiger charge is 2.14. The Labute approximate surface area is 239 Å². The molecule has 39 heavy (non-hydrogen) atoms. The summed E-state index contributed by atoms with van der Waals surface area (Å²) in [4.78, 5) is 17.9. The number of nitrogens with zero attached hydrogens (tertiary/aromatic N) is 2. The number of benzene rings is 4. The molecule has 0 unspecified atom stereocenters. The molecule has 5 rings (SSSR count). The lowest BCUT2D eigenvalue weighted by Gasteiger charge is -2.13. The van der Waals surface area contributed by atoms with Crippen LogP contribution < -0.4 is 14.9 Å². The van der Waals surface area contributed by atoms with E-state index < -0.39 is 0 Å². The number of carbonyl (C=O) groups excluding carboxylic acids is 1. The van der Waals surface area contributed by atoms with E-state index in [0.29, 0.717) is 44.4 Å².